The predicted molar refractivity (Wildman–Crippen MR) is 78.3 cm³/mol. The smallest absolute Gasteiger partial charge is 0.407 e. The van der Waals surface area contributed by atoms with Gasteiger partial charge in [0.2, 0.25) is 0 Å². The molecule has 106 valence electrons. The van der Waals surface area contributed by atoms with Gasteiger partial charge in [0.25, 0.3) is 0 Å². The summed E-state index contributed by atoms with van der Waals surface area (Å²) in [5.41, 5.74) is 0.652. The highest BCUT2D eigenvalue weighted by atomic mass is 32.1. The van der Waals surface area contributed by atoms with Crippen LogP contribution in [0.4, 0.5) is 4.79 Å². The Kier molecular flexibility index (Phi) is 6.05. The van der Waals surface area contributed by atoms with Crippen LogP contribution < -0.4 is 5.32 Å². The van der Waals surface area contributed by atoms with Gasteiger partial charge in [0, 0.05) is 18.5 Å². The van der Waals surface area contributed by atoms with Gasteiger partial charge in [0.1, 0.15) is 5.60 Å². The van der Waals surface area contributed by atoms with E-state index in [-0.39, 0.29) is 0 Å². The molecule has 0 aliphatic heterocycles. The van der Waals surface area contributed by atoms with Crippen molar-refractivity contribution in [3.63, 3.8) is 0 Å². The molecule has 0 saturated carbocycles. The fourth-order valence-corrected chi connectivity index (χ4v) is 2.18. The van der Waals surface area contributed by atoms with Crippen molar-refractivity contribution in [3.05, 3.63) is 28.0 Å². The number of hydrogen-bond donors (Lipinski definition) is 1. The maximum Gasteiger partial charge on any atom is 0.407 e. The fraction of sp³-hybridized carbons (Fsp3) is 0.500. The van der Waals surface area contributed by atoms with Gasteiger partial charge >= 0.3 is 6.09 Å². The lowest BCUT2D eigenvalue weighted by molar-refractivity contribution is 0.0534. The second-order valence-electron chi connectivity index (χ2n) is 5.06. The lowest BCUT2D eigenvalue weighted by Gasteiger charge is -2.19. The van der Waals surface area contributed by atoms with Gasteiger partial charge in [-0.3, -0.25) is 0 Å². The molecule has 1 N–H and O–H groups in total. The van der Waals surface area contributed by atoms with Crippen LogP contribution in [0, 0.1) is 0 Å². The summed E-state index contributed by atoms with van der Waals surface area (Å²) in [7, 11) is 1.68. The van der Waals surface area contributed by atoms with E-state index >= 15 is 0 Å². The predicted octanol–water partition coefficient (Wildman–Crippen LogP) is 3.43. The topological polar surface area (TPSA) is 47.6 Å². The summed E-state index contributed by atoms with van der Waals surface area (Å²) in [6.07, 6.45) is 3.46. The third-order valence-corrected chi connectivity index (χ3v) is 2.96. The molecule has 0 atom stereocenters. The van der Waals surface area contributed by atoms with Crippen molar-refractivity contribution in [1.29, 1.82) is 0 Å². The molecular formula is C14H21NO3S. The second-order valence-corrected chi connectivity index (χ2v) is 6.06. The summed E-state index contributed by atoms with van der Waals surface area (Å²) in [5, 5.41) is 4.73. The number of carbonyl (C=O) groups excluding carboxylic acids is 1. The number of amides is 1. The standard InChI is InChI=1S/C14H21NO3S/c1-14(2,3)18-13(16)15-7-5-6-11-8-12(9-17-4)19-10-11/h5-6,8,10H,7,9H2,1-4H3,(H,15,16). The molecule has 4 nitrogen and oxygen atoms in total. The first-order chi connectivity index (χ1) is 8.90. The Bertz CT molecular complexity index is 432. The lowest BCUT2D eigenvalue weighted by atomic mass is 10.2. The first-order valence-electron chi connectivity index (χ1n) is 6.10. The van der Waals surface area contributed by atoms with Crippen molar-refractivity contribution >= 4 is 23.5 Å². The zero-order chi connectivity index (χ0) is 14.3. The third-order valence-electron chi connectivity index (χ3n) is 2.03. The highest BCUT2D eigenvalue weighted by Crippen LogP contribution is 2.16. The molecule has 0 spiro atoms. The molecule has 1 amide bonds. The van der Waals surface area contributed by atoms with Crippen molar-refractivity contribution in [1.82, 2.24) is 5.32 Å². The number of alkyl carbamates (subject to hydrolysis) is 1. The monoisotopic (exact) mass is 283 g/mol. The Balaban J connectivity index is 2.31. The molecule has 1 heterocycles. The van der Waals surface area contributed by atoms with E-state index in [1.807, 2.05) is 32.9 Å². The Hall–Kier alpha value is -1.33. The van der Waals surface area contributed by atoms with Gasteiger partial charge in [-0.2, -0.15) is 0 Å². The maximum atomic E-state index is 11.4. The van der Waals surface area contributed by atoms with Crippen LogP contribution in [0.2, 0.25) is 0 Å². The first kappa shape index (κ1) is 15.7. The highest BCUT2D eigenvalue weighted by Gasteiger charge is 2.14. The summed E-state index contributed by atoms with van der Waals surface area (Å²) in [5.74, 6) is 0. The van der Waals surface area contributed by atoms with Crippen LogP contribution in [-0.4, -0.2) is 25.3 Å². The van der Waals surface area contributed by atoms with E-state index < -0.39 is 11.7 Å². The second kappa shape index (κ2) is 7.31. The minimum Gasteiger partial charge on any atom is -0.444 e. The first-order valence-corrected chi connectivity index (χ1v) is 6.98. The van der Waals surface area contributed by atoms with Gasteiger partial charge in [-0.1, -0.05) is 12.2 Å². The number of nitrogens with one attached hydrogen (secondary N) is 1. The molecule has 5 heteroatoms. The van der Waals surface area contributed by atoms with E-state index in [4.69, 9.17) is 9.47 Å². The molecule has 0 fully saturated rings. The molecule has 1 aromatic rings. The SMILES string of the molecule is COCc1cc(C=CCNC(=O)OC(C)(C)C)cs1. The maximum absolute atomic E-state index is 11.4. The molecule has 1 rings (SSSR count). The number of methoxy groups -OCH3 is 1. The molecule has 19 heavy (non-hydrogen) atoms. The molecule has 0 aromatic carbocycles. The summed E-state index contributed by atoms with van der Waals surface area (Å²) >= 11 is 1.66. The third kappa shape index (κ3) is 6.98. The van der Waals surface area contributed by atoms with Crippen LogP contribution in [0.3, 0.4) is 0 Å². The molecular weight excluding hydrogens is 262 g/mol. The van der Waals surface area contributed by atoms with E-state index in [1.165, 1.54) is 4.88 Å². The van der Waals surface area contributed by atoms with Crippen molar-refractivity contribution in [2.75, 3.05) is 13.7 Å². The molecule has 1 aromatic heterocycles. The van der Waals surface area contributed by atoms with Crippen LogP contribution in [0.25, 0.3) is 6.08 Å². The van der Waals surface area contributed by atoms with Crippen LogP contribution >= 0.6 is 11.3 Å². The van der Waals surface area contributed by atoms with Gasteiger partial charge in [0.05, 0.1) is 6.61 Å². The minimum absolute atomic E-state index is 0.400. The van der Waals surface area contributed by atoms with Crippen molar-refractivity contribution in [2.24, 2.45) is 0 Å². The van der Waals surface area contributed by atoms with Gasteiger partial charge < -0.3 is 14.8 Å². The number of ether oxygens (including phenoxy) is 2. The van der Waals surface area contributed by atoms with Gasteiger partial charge in [-0.05, 0) is 37.8 Å². The summed E-state index contributed by atoms with van der Waals surface area (Å²) in [4.78, 5) is 12.6. The molecule has 0 bridgehead atoms. The Morgan fingerprint density at radius 3 is 2.84 bits per heavy atom. The molecule has 0 unspecified atom stereocenters. The van der Waals surface area contributed by atoms with E-state index in [1.54, 1.807) is 18.4 Å². The van der Waals surface area contributed by atoms with E-state index in [2.05, 4.69) is 16.8 Å². The Morgan fingerprint density at radius 2 is 2.21 bits per heavy atom. The summed E-state index contributed by atoms with van der Waals surface area (Å²) < 4.78 is 10.2. The van der Waals surface area contributed by atoms with Crippen molar-refractivity contribution in [2.45, 2.75) is 33.0 Å². The molecule has 0 radical (unpaired) electrons. The highest BCUT2D eigenvalue weighted by molar-refractivity contribution is 7.10. The van der Waals surface area contributed by atoms with Crippen LogP contribution in [0.5, 0.6) is 0 Å². The minimum atomic E-state index is -0.462. The van der Waals surface area contributed by atoms with Crippen LogP contribution in [0.1, 0.15) is 31.2 Å². The summed E-state index contributed by atoms with van der Waals surface area (Å²) in [6.45, 7) is 6.60. The molecule has 0 aliphatic carbocycles. The number of hydrogen-bond acceptors (Lipinski definition) is 4. The van der Waals surface area contributed by atoms with E-state index in [9.17, 15) is 4.79 Å². The lowest BCUT2D eigenvalue weighted by Crippen LogP contribution is -2.32. The molecule has 0 aliphatic rings. The zero-order valence-corrected chi connectivity index (χ0v) is 12.7. The largest absolute Gasteiger partial charge is 0.444 e. The number of rotatable bonds is 5. The van der Waals surface area contributed by atoms with Crippen LogP contribution in [0.15, 0.2) is 17.5 Å². The average molecular weight is 283 g/mol. The quantitative estimate of drug-likeness (QED) is 0.900. The number of carbonyl (C=O) groups is 1. The van der Waals surface area contributed by atoms with Gasteiger partial charge in [-0.15, -0.1) is 11.3 Å². The van der Waals surface area contributed by atoms with Crippen molar-refractivity contribution in [3.8, 4) is 0 Å². The average Bonchev–Trinajstić information content (AvgIpc) is 2.70. The van der Waals surface area contributed by atoms with E-state index in [0.717, 1.165) is 5.56 Å². The van der Waals surface area contributed by atoms with Crippen molar-refractivity contribution < 1.29 is 14.3 Å². The zero-order valence-electron chi connectivity index (χ0n) is 11.9. The summed E-state index contributed by atoms with van der Waals surface area (Å²) in [6, 6.07) is 2.07. The normalized spacial score (nSPS) is 11.8. The Morgan fingerprint density at radius 1 is 1.47 bits per heavy atom. The van der Waals surface area contributed by atoms with Gasteiger partial charge in [0.15, 0.2) is 0 Å². The Labute approximate surface area is 118 Å². The molecule has 0 saturated heterocycles. The van der Waals surface area contributed by atoms with Gasteiger partial charge in [-0.25, -0.2) is 4.79 Å². The fourth-order valence-electron chi connectivity index (χ4n) is 1.35. The number of thiophene rings is 1. The van der Waals surface area contributed by atoms with Crippen LogP contribution in [-0.2, 0) is 16.1 Å². The van der Waals surface area contributed by atoms with E-state index in [0.29, 0.717) is 13.2 Å².